The fourth-order valence-electron chi connectivity index (χ4n) is 1.90. The topological polar surface area (TPSA) is 55.4 Å². The van der Waals surface area contributed by atoms with Crippen LogP contribution in [0.4, 0.5) is 23.2 Å². The van der Waals surface area contributed by atoms with Crippen LogP contribution in [0.15, 0.2) is 54.6 Å². The first-order valence-electron chi connectivity index (χ1n) is 7.31. The third-order valence-corrected chi connectivity index (χ3v) is 3.10. The van der Waals surface area contributed by atoms with Crippen LogP contribution < -0.4 is 5.32 Å². The van der Waals surface area contributed by atoms with E-state index in [4.69, 9.17) is 0 Å². The number of halogens is 4. The lowest BCUT2D eigenvalue weighted by Crippen LogP contribution is -2.20. The molecule has 2 aromatic rings. The number of carbonyl (C=O) groups excluding carboxylic acids is 2. The molecule has 0 aliphatic heterocycles. The summed E-state index contributed by atoms with van der Waals surface area (Å²) in [5.41, 5.74) is -0.355. The molecular formula is C18H13F4NO3. The minimum absolute atomic E-state index is 0.160. The second-order valence-electron chi connectivity index (χ2n) is 5.12. The number of hydrogen-bond donors (Lipinski definition) is 1. The van der Waals surface area contributed by atoms with E-state index in [0.717, 1.165) is 36.4 Å². The lowest BCUT2D eigenvalue weighted by atomic mass is 10.1. The number of amides is 1. The van der Waals surface area contributed by atoms with Gasteiger partial charge in [0.15, 0.2) is 6.61 Å². The van der Waals surface area contributed by atoms with Gasteiger partial charge in [-0.25, -0.2) is 9.18 Å². The van der Waals surface area contributed by atoms with Crippen LogP contribution in [0.5, 0.6) is 0 Å². The molecule has 1 amide bonds. The Morgan fingerprint density at radius 1 is 1.08 bits per heavy atom. The molecule has 4 nitrogen and oxygen atoms in total. The van der Waals surface area contributed by atoms with E-state index >= 15 is 0 Å². The second kappa shape index (κ2) is 8.28. The number of benzene rings is 2. The molecule has 0 fully saturated rings. The van der Waals surface area contributed by atoms with E-state index < -0.39 is 36.0 Å². The van der Waals surface area contributed by atoms with Crippen LogP contribution in [-0.4, -0.2) is 18.5 Å². The Morgan fingerprint density at radius 2 is 1.77 bits per heavy atom. The summed E-state index contributed by atoms with van der Waals surface area (Å²) in [5, 5.41) is 2.39. The van der Waals surface area contributed by atoms with Crippen LogP contribution in [0, 0.1) is 5.82 Å². The van der Waals surface area contributed by atoms with Crippen molar-refractivity contribution in [2.24, 2.45) is 0 Å². The Morgan fingerprint density at radius 3 is 2.42 bits per heavy atom. The van der Waals surface area contributed by atoms with E-state index in [1.165, 1.54) is 24.3 Å². The lowest BCUT2D eigenvalue weighted by molar-refractivity contribution is -0.142. The van der Waals surface area contributed by atoms with Crippen LogP contribution in [0.2, 0.25) is 0 Å². The Bertz CT molecular complexity index is 814. The van der Waals surface area contributed by atoms with Gasteiger partial charge in [0.25, 0.3) is 5.91 Å². The highest BCUT2D eigenvalue weighted by atomic mass is 19.4. The monoisotopic (exact) mass is 367 g/mol. The van der Waals surface area contributed by atoms with Gasteiger partial charge in [0.2, 0.25) is 0 Å². The third kappa shape index (κ3) is 6.04. The number of ether oxygens (including phenoxy) is 1. The molecule has 0 saturated carbocycles. The first-order valence-corrected chi connectivity index (χ1v) is 7.31. The number of nitrogens with one attached hydrogen (secondary N) is 1. The molecule has 2 aromatic carbocycles. The standard InChI is InChI=1S/C18H13F4NO3/c19-14-5-7-15(8-6-14)23-16(24)11-26-17(25)9-4-12-2-1-3-13(10-12)18(20,21)22/h1-10H,11H2,(H,23,24)/b9-4+. The number of hydrogen-bond acceptors (Lipinski definition) is 3. The summed E-state index contributed by atoms with van der Waals surface area (Å²) in [4.78, 5) is 23.1. The zero-order valence-corrected chi connectivity index (χ0v) is 13.2. The van der Waals surface area contributed by atoms with Crippen molar-refractivity contribution in [3.8, 4) is 0 Å². The van der Waals surface area contributed by atoms with Crippen molar-refractivity contribution in [2.45, 2.75) is 6.18 Å². The largest absolute Gasteiger partial charge is 0.452 e. The van der Waals surface area contributed by atoms with Gasteiger partial charge in [-0.2, -0.15) is 13.2 Å². The average molecular weight is 367 g/mol. The molecule has 0 saturated heterocycles. The first-order chi connectivity index (χ1) is 12.2. The highest BCUT2D eigenvalue weighted by molar-refractivity contribution is 5.94. The molecule has 0 heterocycles. The van der Waals surface area contributed by atoms with Gasteiger partial charge < -0.3 is 10.1 Å². The Kier molecular flexibility index (Phi) is 6.11. The maximum atomic E-state index is 12.7. The first kappa shape index (κ1) is 19.2. The molecule has 0 bridgehead atoms. The molecule has 0 radical (unpaired) electrons. The quantitative estimate of drug-likeness (QED) is 0.493. The molecule has 8 heteroatoms. The highest BCUT2D eigenvalue weighted by Crippen LogP contribution is 2.29. The van der Waals surface area contributed by atoms with Crippen molar-refractivity contribution in [2.75, 3.05) is 11.9 Å². The summed E-state index contributed by atoms with van der Waals surface area (Å²) in [6, 6.07) is 9.37. The molecule has 0 atom stereocenters. The van der Waals surface area contributed by atoms with Crippen molar-refractivity contribution in [3.63, 3.8) is 0 Å². The van der Waals surface area contributed by atoms with Gasteiger partial charge in [-0.1, -0.05) is 12.1 Å². The van der Waals surface area contributed by atoms with E-state index in [0.29, 0.717) is 5.69 Å². The van der Waals surface area contributed by atoms with Crippen LogP contribution >= 0.6 is 0 Å². The summed E-state index contributed by atoms with van der Waals surface area (Å²) >= 11 is 0. The zero-order valence-electron chi connectivity index (χ0n) is 13.2. The maximum absolute atomic E-state index is 12.7. The summed E-state index contributed by atoms with van der Waals surface area (Å²) < 4.78 is 55.2. The van der Waals surface area contributed by atoms with Gasteiger partial charge in [-0.05, 0) is 48.0 Å². The number of rotatable bonds is 5. The van der Waals surface area contributed by atoms with Gasteiger partial charge in [0.1, 0.15) is 5.82 Å². The van der Waals surface area contributed by atoms with E-state index in [-0.39, 0.29) is 5.56 Å². The predicted molar refractivity (Wildman–Crippen MR) is 86.5 cm³/mol. The Labute approximate surface area is 146 Å². The number of anilines is 1. The predicted octanol–water partition coefficient (Wildman–Crippen LogP) is 4.04. The SMILES string of the molecule is O=C(COC(=O)/C=C/c1cccc(C(F)(F)F)c1)Nc1ccc(F)cc1. The smallest absolute Gasteiger partial charge is 0.416 e. The molecule has 136 valence electrons. The fraction of sp³-hybridized carbons (Fsp3) is 0.111. The van der Waals surface area contributed by atoms with Crippen LogP contribution in [-0.2, 0) is 20.5 Å². The summed E-state index contributed by atoms with van der Waals surface area (Å²) in [6.45, 7) is -0.594. The van der Waals surface area contributed by atoms with E-state index in [9.17, 15) is 27.2 Å². The minimum Gasteiger partial charge on any atom is -0.452 e. The fourth-order valence-corrected chi connectivity index (χ4v) is 1.90. The molecule has 0 spiro atoms. The number of alkyl halides is 3. The molecule has 0 aromatic heterocycles. The van der Waals surface area contributed by atoms with Gasteiger partial charge in [-0.15, -0.1) is 0 Å². The van der Waals surface area contributed by atoms with Crippen molar-refractivity contribution < 1.29 is 31.9 Å². The van der Waals surface area contributed by atoms with Crippen molar-refractivity contribution in [1.82, 2.24) is 0 Å². The number of carbonyl (C=O) groups is 2. The van der Waals surface area contributed by atoms with Gasteiger partial charge in [0, 0.05) is 11.8 Å². The lowest BCUT2D eigenvalue weighted by Gasteiger charge is -2.07. The zero-order chi connectivity index (χ0) is 19.2. The Balaban J connectivity index is 1.85. The van der Waals surface area contributed by atoms with Gasteiger partial charge in [-0.3, -0.25) is 4.79 Å². The third-order valence-electron chi connectivity index (χ3n) is 3.10. The molecule has 0 aliphatic rings. The van der Waals surface area contributed by atoms with Crippen LogP contribution in [0.1, 0.15) is 11.1 Å². The Hall–Kier alpha value is -3.16. The van der Waals surface area contributed by atoms with Crippen molar-refractivity contribution in [3.05, 3.63) is 71.6 Å². The molecule has 2 rings (SSSR count). The van der Waals surface area contributed by atoms with Crippen LogP contribution in [0.25, 0.3) is 6.08 Å². The molecule has 26 heavy (non-hydrogen) atoms. The normalized spacial score (nSPS) is 11.4. The summed E-state index contributed by atoms with van der Waals surface area (Å²) in [7, 11) is 0. The van der Waals surface area contributed by atoms with E-state index in [2.05, 4.69) is 10.1 Å². The highest BCUT2D eigenvalue weighted by Gasteiger charge is 2.30. The maximum Gasteiger partial charge on any atom is 0.416 e. The second-order valence-corrected chi connectivity index (χ2v) is 5.12. The van der Waals surface area contributed by atoms with Crippen molar-refractivity contribution >= 4 is 23.6 Å². The van der Waals surface area contributed by atoms with Gasteiger partial charge >= 0.3 is 12.1 Å². The number of esters is 1. The average Bonchev–Trinajstić information content (AvgIpc) is 2.60. The molecule has 0 unspecified atom stereocenters. The molecule has 1 N–H and O–H groups in total. The van der Waals surface area contributed by atoms with Crippen LogP contribution in [0.3, 0.4) is 0 Å². The van der Waals surface area contributed by atoms with Gasteiger partial charge in [0.05, 0.1) is 5.56 Å². The van der Waals surface area contributed by atoms with E-state index in [1.807, 2.05) is 0 Å². The molecule has 0 aliphatic carbocycles. The molecular weight excluding hydrogens is 354 g/mol. The summed E-state index contributed by atoms with van der Waals surface area (Å²) in [5.74, 6) is -2.00. The van der Waals surface area contributed by atoms with E-state index in [1.54, 1.807) is 0 Å². The summed E-state index contributed by atoms with van der Waals surface area (Å²) in [6.07, 6.45) is -2.42. The minimum atomic E-state index is -4.48. The van der Waals surface area contributed by atoms with Crippen molar-refractivity contribution in [1.29, 1.82) is 0 Å².